The van der Waals surface area contributed by atoms with Crippen LogP contribution >= 0.6 is 0 Å². The number of hydrogen-bond acceptors (Lipinski definition) is 3. The van der Waals surface area contributed by atoms with E-state index in [4.69, 9.17) is 9.47 Å². The number of nitrogens with zero attached hydrogens (tertiary/aromatic N) is 1. The van der Waals surface area contributed by atoms with Crippen molar-refractivity contribution < 1.29 is 36.2 Å². The third-order valence-corrected chi connectivity index (χ3v) is 3.60. The van der Waals surface area contributed by atoms with Crippen molar-refractivity contribution in [3.8, 4) is 11.5 Å². The lowest BCUT2D eigenvalue weighted by Crippen LogP contribution is -2.53. The first-order valence-corrected chi connectivity index (χ1v) is 6.65. The molecule has 128 valence electrons. The van der Waals surface area contributed by atoms with Gasteiger partial charge in [0.25, 0.3) is 0 Å². The average Bonchev–Trinajstić information content (AvgIpc) is 2.93. The minimum Gasteiger partial charge on any atom is -0.454 e. The van der Waals surface area contributed by atoms with Crippen LogP contribution in [0.15, 0.2) is 18.2 Å². The van der Waals surface area contributed by atoms with E-state index in [0.717, 1.165) is 7.05 Å². The van der Waals surface area contributed by atoms with Crippen molar-refractivity contribution >= 4 is 5.91 Å². The summed E-state index contributed by atoms with van der Waals surface area (Å²) >= 11 is 0. The Hall–Kier alpha value is -2.06. The molecule has 0 spiro atoms. The van der Waals surface area contributed by atoms with Crippen LogP contribution in [-0.2, 0) is 11.2 Å². The summed E-state index contributed by atoms with van der Waals surface area (Å²) in [6.07, 6.45) is -5.88. The average molecular weight is 339 g/mol. The Balaban J connectivity index is 2.14. The lowest BCUT2D eigenvalue weighted by Gasteiger charge is -2.29. The van der Waals surface area contributed by atoms with Crippen LogP contribution in [0.2, 0.25) is 0 Å². The van der Waals surface area contributed by atoms with Gasteiger partial charge in [0, 0.05) is 18.7 Å². The molecule has 0 saturated carbocycles. The van der Waals surface area contributed by atoms with E-state index in [0.29, 0.717) is 22.0 Å². The molecule has 1 atom stereocenters. The predicted octanol–water partition coefficient (Wildman–Crippen LogP) is 3.00. The molecule has 2 rings (SSSR count). The number of benzene rings is 1. The largest absolute Gasteiger partial charge is 0.463 e. The molecule has 0 radical (unpaired) electrons. The number of para-hydroxylation sites is 1. The van der Waals surface area contributed by atoms with Crippen LogP contribution in [0.1, 0.15) is 12.5 Å². The van der Waals surface area contributed by atoms with Crippen LogP contribution in [0, 0.1) is 0 Å². The zero-order chi connectivity index (χ0) is 17.4. The quantitative estimate of drug-likeness (QED) is 0.792. The van der Waals surface area contributed by atoms with Crippen molar-refractivity contribution in [3.05, 3.63) is 23.8 Å². The molecular weight excluding hydrogens is 325 g/mol. The highest BCUT2D eigenvalue weighted by Crippen LogP contribution is 2.38. The first-order valence-electron chi connectivity index (χ1n) is 6.65. The number of ether oxygens (including phenoxy) is 2. The monoisotopic (exact) mass is 339 g/mol. The molecule has 1 amide bonds. The summed E-state index contributed by atoms with van der Waals surface area (Å²) in [5.41, 5.74) is 0.558. The fraction of sp³-hybridized carbons (Fsp3) is 0.500. The normalized spacial score (nSPS) is 15.4. The first kappa shape index (κ1) is 17.3. The minimum absolute atomic E-state index is 0.00163. The summed E-state index contributed by atoms with van der Waals surface area (Å²) in [5, 5.41) is 0. The second kappa shape index (κ2) is 5.86. The lowest BCUT2D eigenvalue weighted by atomic mass is 10.0. The molecule has 0 bridgehead atoms. The van der Waals surface area contributed by atoms with E-state index in [1.54, 1.807) is 18.2 Å². The number of halogens is 5. The Kier molecular flexibility index (Phi) is 4.41. The smallest absolute Gasteiger partial charge is 0.454 e. The second-order valence-corrected chi connectivity index (χ2v) is 5.19. The molecule has 1 aromatic rings. The fourth-order valence-corrected chi connectivity index (χ4v) is 2.15. The maximum Gasteiger partial charge on any atom is 0.463 e. The van der Waals surface area contributed by atoms with Gasteiger partial charge in [-0.05, 0) is 19.4 Å². The first-order chi connectivity index (χ1) is 10.6. The Morgan fingerprint density at radius 2 is 1.91 bits per heavy atom. The van der Waals surface area contributed by atoms with Crippen molar-refractivity contribution in [1.29, 1.82) is 0 Å². The summed E-state index contributed by atoms with van der Waals surface area (Å²) in [6, 6.07) is 4.01. The summed E-state index contributed by atoms with van der Waals surface area (Å²) in [4.78, 5) is 11.9. The number of carbonyl (C=O) groups excluding carboxylic acids is 1. The van der Waals surface area contributed by atoms with Gasteiger partial charge >= 0.3 is 18.0 Å². The van der Waals surface area contributed by atoms with Gasteiger partial charge in [-0.15, -0.1) is 0 Å². The fourth-order valence-electron chi connectivity index (χ4n) is 2.15. The molecule has 1 aromatic carbocycles. The SMILES string of the molecule is CC(Cc1cccc2c1OCO2)N(C)C(=O)C(F)(F)C(F)(F)F. The Bertz CT molecular complexity index is 603. The molecule has 0 aliphatic carbocycles. The van der Waals surface area contributed by atoms with Crippen LogP contribution in [0.3, 0.4) is 0 Å². The zero-order valence-corrected chi connectivity index (χ0v) is 12.3. The van der Waals surface area contributed by atoms with Gasteiger partial charge in [0.05, 0.1) is 0 Å². The molecule has 0 N–H and O–H groups in total. The van der Waals surface area contributed by atoms with Crippen LogP contribution in [0.25, 0.3) is 0 Å². The zero-order valence-electron chi connectivity index (χ0n) is 12.3. The number of amides is 1. The predicted molar refractivity (Wildman–Crippen MR) is 69.5 cm³/mol. The van der Waals surface area contributed by atoms with E-state index in [9.17, 15) is 26.7 Å². The molecule has 1 aliphatic rings. The molecule has 1 unspecified atom stereocenters. The highest BCUT2D eigenvalue weighted by molar-refractivity contribution is 5.84. The summed E-state index contributed by atoms with van der Waals surface area (Å²) in [7, 11) is 0.910. The molecule has 1 aliphatic heterocycles. The van der Waals surface area contributed by atoms with E-state index in [2.05, 4.69) is 0 Å². The van der Waals surface area contributed by atoms with Crippen molar-refractivity contribution in [2.45, 2.75) is 31.5 Å². The number of hydrogen-bond donors (Lipinski definition) is 0. The molecule has 0 saturated heterocycles. The van der Waals surface area contributed by atoms with Crippen LogP contribution in [0.5, 0.6) is 11.5 Å². The molecular formula is C14H14F5NO3. The maximum atomic E-state index is 13.1. The Morgan fingerprint density at radius 1 is 1.26 bits per heavy atom. The molecule has 0 fully saturated rings. The minimum atomic E-state index is -5.93. The van der Waals surface area contributed by atoms with Crippen LogP contribution in [0.4, 0.5) is 22.0 Å². The Morgan fingerprint density at radius 3 is 2.52 bits per heavy atom. The van der Waals surface area contributed by atoms with Crippen molar-refractivity contribution in [2.75, 3.05) is 13.8 Å². The lowest BCUT2D eigenvalue weighted by molar-refractivity contribution is -0.274. The van der Waals surface area contributed by atoms with Crippen LogP contribution in [-0.4, -0.2) is 42.8 Å². The number of fused-ring (bicyclic) bond motifs is 1. The van der Waals surface area contributed by atoms with Gasteiger partial charge in [0.2, 0.25) is 6.79 Å². The number of rotatable bonds is 4. The Labute approximate surface area is 128 Å². The summed E-state index contributed by atoms with van der Waals surface area (Å²) in [5.74, 6) is -6.84. The van der Waals surface area contributed by atoms with E-state index in [1.165, 1.54) is 6.92 Å². The van der Waals surface area contributed by atoms with Gasteiger partial charge in [-0.25, -0.2) is 0 Å². The third-order valence-electron chi connectivity index (χ3n) is 3.60. The maximum absolute atomic E-state index is 13.1. The van der Waals surface area contributed by atoms with Gasteiger partial charge in [-0.3, -0.25) is 4.79 Å². The van der Waals surface area contributed by atoms with Crippen molar-refractivity contribution in [2.24, 2.45) is 0 Å². The van der Waals surface area contributed by atoms with Gasteiger partial charge < -0.3 is 14.4 Å². The number of carbonyl (C=O) groups is 1. The molecule has 0 aromatic heterocycles. The molecule has 1 heterocycles. The van der Waals surface area contributed by atoms with Gasteiger partial charge in [-0.1, -0.05) is 12.1 Å². The van der Waals surface area contributed by atoms with Gasteiger partial charge in [0.1, 0.15) is 0 Å². The highest BCUT2D eigenvalue weighted by atomic mass is 19.4. The van der Waals surface area contributed by atoms with E-state index in [1.807, 2.05) is 0 Å². The van der Waals surface area contributed by atoms with Crippen molar-refractivity contribution in [1.82, 2.24) is 4.90 Å². The second-order valence-electron chi connectivity index (χ2n) is 5.19. The van der Waals surface area contributed by atoms with Gasteiger partial charge in [0.15, 0.2) is 11.5 Å². The van der Waals surface area contributed by atoms with E-state index in [-0.39, 0.29) is 13.2 Å². The molecule has 23 heavy (non-hydrogen) atoms. The van der Waals surface area contributed by atoms with E-state index >= 15 is 0 Å². The third kappa shape index (κ3) is 3.18. The molecule has 4 nitrogen and oxygen atoms in total. The van der Waals surface area contributed by atoms with Crippen molar-refractivity contribution in [3.63, 3.8) is 0 Å². The summed E-state index contributed by atoms with van der Waals surface area (Å²) in [6.45, 7) is 1.38. The topological polar surface area (TPSA) is 38.8 Å². The molecule has 9 heteroatoms. The number of alkyl halides is 5. The highest BCUT2D eigenvalue weighted by Gasteiger charge is 2.64. The number of likely N-dealkylation sites (N-methyl/N-ethyl adjacent to an activating group) is 1. The summed E-state index contributed by atoms with van der Waals surface area (Å²) < 4.78 is 73.5. The van der Waals surface area contributed by atoms with Gasteiger partial charge in [-0.2, -0.15) is 22.0 Å². The van der Waals surface area contributed by atoms with E-state index < -0.39 is 24.0 Å². The van der Waals surface area contributed by atoms with Crippen LogP contribution < -0.4 is 9.47 Å². The standard InChI is InChI=1S/C14H14F5NO3/c1-8(20(2)12(21)13(15,16)14(17,18)19)6-9-4-3-5-10-11(9)23-7-22-10/h3-5,8H,6-7H2,1-2H3.